The number of anilines is 3. The molecule has 21 heavy (non-hydrogen) atoms. The van der Waals surface area contributed by atoms with Gasteiger partial charge in [-0.25, -0.2) is 4.98 Å². The van der Waals surface area contributed by atoms with Crippen LogP contribution in [-0.2, 0) is 0 Å². The van der Waals surface area contributed by atoms with Gasteiger partial charge in [-0.2, -0.15) is 4.98 Å². The Bertz CT molecular complexity index is 623. The number of nitrogens with one attached hydrogen (secondary N) is 2. The molecule has 0 amide bonds. The Hall–Kier alpha value is -1.81. The normalized spacial score (nSPS) is 15.1. The fourth-order valence-electron chi connectivity index (χ4n) is 2.66. The van der Waals surface area contributed by atoms with Crippen LogP contribution in [0.5, 0.6) is 0 Å². The van der Waals surface area contributed by atoms with E-state index in [1.165, 1.54) is 25.7 Å². The molecule has 0 aliphatic heterocycles. The summed E-state index contributed by atoms with van der Waals surface area (Å²) in [7, 11) is 0. The Kier molecular flexibility index (Phi) is 4.25. The monoisotopic (exact) mass is 302 g/mol. The molecular formula is C16H19ClN4. The smallest absolute Gasteiger partial charge is 0.229 e. The van der Waals surface area contributed by atoms with E-state index in [4.69, 9.17) is 11.6 Å². The topological polar surface area (TPSA) is 49.8 Å². The molecule has 0 bridgehead atoms. The minimum absolute atomic E-state index is 0.535. The van der Waals surface area contributed by atoms with E-state index in [2.05, 4.69) is 20.6 Å². The molecule has 2 N–H and O–H groups in total. The number of hydrogen-bond donors (Lipinski definition) is 2. The van der Waals surface area contributed by atoms with Crippen molar-refractivity contribution in [3.8, 4) is 0 Å². The Labute approximate surface area is 130 Å². The molecule has 1 aliphatic carbocycles. The second kappa shape index (κ2) is 6.31. The molecule has 5 heteroatoms. The maximum absolute atomic E-state index is 6.16. The van der Waals surface area contributed by atoms with Gasteiger partial charge < -0.3 is 10.6 Å². The Morgan fingerprint density at radius 2 is 1.90 bits per heavy atom. The van der Waals surface area contributed by atoms with Crippen molar-refractivity contribution in [3.63, 3.8) is 0 Å². The van der Waals surface area contributed by atoms with Crippen LogP contribution in [0, 0.1) is 6.92 Å². The molecule has 1 heterocycles. The summed E-state index contributed by atoms with van der Waals surface area (Å²) in [5.74, 6) is 1.45. The number of rotatable bonds is 4. The predicted molar refractivity (Wildman–Crippen MR) is 87.4 cm³/mol. The average molecular weight is 303 g/mol. The molecule has 0 saturated heterocycles. The second-order valence-electron chi connectivity index (χ2n) is 5.45. The number of para-hydroxylation sites is 1. The van der Waals surface area contributed by atoms with Gasteiger partial charge in [-0.05, 0) is 31.9 Å². The van der Waals surface area contributed by atoms with Crippen molar-refractivity contribution in [2.75, 3.05) is 10.6 Å². The van der Waals surface area contributed by atoms with Crippen LogP contribution in [-0.4, -0.2) is 16.0 Å². The van der Waals surface area contributed by atoms with Crippen molar-refractivity contribution in [2.24, 2.45) is 0 Å². The summed E-state index contributed by atoms with van der Waals surface area (Å²) < 4.78 is 0. The standard InChI is InChI=1S/C16H19ClN4/c1-11-10-15(19-12-6-2-3-7-12)21-16(18-11)20-14-9-5-4-8-13(14)17/h4-5,8-10,12H,2-3,6-7H2,1H3,(H2,18,19,20,21). The van der Waals surface area contributed by atoms with Crippen LogP contribution in [0.4, 0.5) is 17.5 Å². The molecule has 0 atom stereocenters. The maximum Gasteiger partial charge on any atom is 0.229 e. The van der Waals surface area contributed by atoms with Crippen LogP contribution in [0.2, 0.25) is 5.02 Å². The third kappa shape index (κ3) is 3.64. The first-order chi connectivity index (χ1) is 10.2. The maximum atomic E-state index is 6.16. The molecule has 2 aromatic rings. The van der Waals surface area contributed by atoms with Crippen molar-refractivity contribution < 1.29 is 0 Å². The van der Waals surface area contributed by atoms with Crippen LogP contribution in [0.15, 0.2) is 30.3 Å². The lowest BCUT2D eigenvalue weighted by Gasteiger charge is -2.14. The highest BCUT2D eigenvalue weighted by atomic mass is 35.5. The van der Waals surface area contributed by atoms with E-state index in [-0.39, 0.29) is 0 Å². The van der Waals surface area contributed by atoms with Crippen LogP contribution in [0.3, 0.4) is 0 Å². The molecule has 1 aliphatic rings. The molecule has 3 rings (SSSR count). The molecule has 1 aromatic heterocycles. The summed E-state index contributed by atoms with van der Waals surface area (Å²) in [6.45, 7) is 1.97. The van der Waals surface area contributed by atoms with Crippen molar-refractivity contribution in [1.29, 1.82) is 0 Å². The molecular weight excluding hydrogens is 284 g/mol. The molecule has 0 radical (unpaired) electrons. The predicted octanol–water partition coefficient (Wildman–Crippen LogP) is 4.54. The number of halogens is 1. The van der Waals surface area contributed by atoms with Gasteiger partial charge >= 0.3 is 0 Å². The molecule has 110 valence electrons. The fourth-order valence-corrected chi connectivity index (χ4v) is 2.84. The van der Waals surface area contributed by atoms with Gasteiger partial charge in [-0.3, -0.25) is 0 Å². The van der Waals surface area contributed by atoms with E-state index in [0.29, 0.717) is 17.0 Å². The lowest BCUT2D eigenvalue weighted by atomic mass is 10.2. The fraction of sp³-hybridized carbons (Fsp3) is 0.375. The summed E-state index contributed by atoms with van der Waals surface area (Å²) in [6, 6.07) is 10.1. The number of hydrogen-bond acceptors (Lipinski definition) is 4. The SMILES string of the molecule is Cc1cc(NC2CCCC2)nc(Nc2ccccc2Cl)n1. The molecule has 1 aromatic carbocycles. The number of nitrogens with zero attached hydrogens (tertiary/aromatic N) is 2. The molecule has 4 nitrogen and oxygen atoms in total. The van der Waals surface area contributed by atoms with E-state index < -0.39 is 0 Å². The second-order valence-corrected chi connectivity index (χ2v) is 5.86. The lowest BCUT2D eigenvalue weighted by molar-refractivity contribution is 0.749. The van der Waals surface area contributed by atoms with Crippen LogP contribution < -0.4 is 10.6 Å². The largest absolute Gasteiger partial charge is 0.367 e. The first-order valence-corrected chi connectivity index (χ1v) is 7.72. The van der Waals surface area contributed by atoms with Crippen LogP contribution >= 0.6 is 11.6 Å². The summed E-state index contributed by atoms with van der Waals surface area (Å²) >= 11 is 6.16. The molecule has 1 fully saturated rings. The van der Waals surface area contributed by atoms with Gasteiger partial charge in [0.05, 0.1) is 10.7 Å². The zero-order valence-electron chi connectivity index (χ0n) is 12.1. The minimum atomic E-state index is 0.535. The number of aryl methyl sites for hydroxylation is 1. The van der Waals surface area contributed by atoms with Crippen molar-refractivity contribution in [2.45, 2.75) is 38.6 Å². The highest BCUT2D eigenvalue weighted by Crippen LogP contribution is 2.25. The average Bonchev–Trinajstić information content (AvgIpc) is 2.93. The highest BCUT2D eigenvalue weighted by Gasteiger charge is 2.15. The summed E-state index contributed by atoms with van der Waals surface area (Å²) in [6.07, 6.45) is 5.03. The Morgan fingerprint density at radius 1 is 1.14 bits per heavy atom. The van der Waals surface area contributed by atoms with Gasteiger partial charge in [0.2, 0.25) is 5.95 Å². The van der Waals surface area contributed by atoms with Crippen LogP contribution in [0.25, 0.3) is 0 Å². The van der Waals surface area contributed by atoms with E-state index in [1.54, 1.807) is 0 Å². The minimum Gasteiger partial charge on any atom is -0.367 e. The Morgan fingerprint density at radius 3 is 2.67 bits per heavy atom. The first kappa shape index (κ1) is 14.1. The summed E-state index contributed by atoms with van der Waals surface area (Å²) in [4.78, 5) is 8.97. The number of benzene rings is 1. The van der Waals surface area contributed by atoms with Gasteiger partial charge in [-0.15, -0.1) is 0 Å². The van der Waals surface area contributed by atoms with Crippen molar-refractivity contribution in [3.05, 3.63) is 41.0 Å². The van der Waals surface area contributed by atoms with Crippen molar-refractivity contribution >= 4 is 29.1 Å². The first-order valence-electron chi connectivity index (χ1n) is 7.34. The molecule has 1 saturated carbocycles. The summed E-state index contributed by atoms with van der Waals surface area (Å²) in [5, 5.41) is 7.34. The van der Waals surface area contributed by atoms with E-state index in [9.17, 15) is 0 Å². The number of aromatic nitrogens is 2. The third-order valence-electron chi connectivity index (χ3n) is 3.68. The summed E-state index contributed by atoms with van der Waals surface area (Å²) in [5.41, 5.74) is 1.75. The highest BCUT2D eigenvalue weighted by molar-refractivity contribution is 6.33. The molecule has 0 unspecified atom stereocenters. The van der Waals surface area contributed by atoms with E-state index in [0.717, 1.165) is 17.2 Å². The van der Waals surface area contributed by atoms with E-state index in [1.807, 2.05) is 37.3 Å². The Balaban J connectivity index is 1.79. The zero-order valence-corrected chi connectivity index (χ0v) is 12.8. The quantitative estimate of drug-likeness (QED) is 0.871. The van der Waals surface area contributed by atoms with Gasteiger partial charge in [0, 0.05) is 17.8 Å². The van der Waals surface area contributed by atoms with Crippen LogP contribution in [0.1, 0.15) is 31.4 Å². The van der Waals surface area contributed by atoms with Gasteiger partial charge in [0.25, 0.3) is 0 Å². The molecule has 0 spiro atoms. The van der Waals surface area contributed by atoms with Gasteiger partial charge in [0.1, 0.15) is 5.82 Å². The lowest BCUT2D eigenvalue weighted by Crippen LogP contribution is -2.16. The van der Waals surface area contributed by atoms with Crippen molar-refractivity contribution in [1.82, 2.24) is 9.97 Å². The van der Waals surface area contributed by atoms with Gasteiger partial charge in [-0.1, -0.05) is 36.6 Å². The third-order valence-corrected chi connectivity index (χ3v) is 4.01. The zero-order chi connectivity index (χ0) is 14.7. The van der Waals surface area contributed by atoms with E-state index >= 15 is 0 Å². The van der Waals surface area contributed by atoms with Gasteiger partial charge in [0.15, 0.2) is 0 Å².